The van der Waals surface area contributed by atoms with Crippen molar-refractivity contribution in [2.24, 2.45) is 0 Å². The third kappa shape index (κ3) is 5.20. The number of nitrogens with one attached hydrogen (secondary N) is 1. The summed E-state index contributed by atoms with van der Waals surface area (Å²) < 4.78 is 28.6. The first kappa shape index (κ1) is 22.1. The summed E-state index contributed by atoms with van der Waals surface area (Å²) in [6.45, 7) is 8.33. The van der Waals surface area contributed by atoms with Gasteiger partial charge in [0.05, 0.1) is 11.4 Å². The zero-order valence-electron chi connectivity index (χ0n) is 17.1. The highest BCUT2D eigenvalue weighted by Crippen LogP contribution is 2.23. The van der Waals surface area contributed by atoms with Crippen molar-refractivity contribution in [3.63, 3.8) is 0 Å². The maximum atomic E-state index is 12.9. The highest BCUT2D eigenvalue weighted by Gasteiger charge is 2.29. The smallest absolute Gasteiger partial charge is 0.246 e. The molecule has 0 fully saturated rings. The Hall–Kier alpha value is -2.19. The van der Waals surface area contributed by atoms with Crippen LogP contribution >= 0.6 is 0 Å². The van der Waals surface area contributed by atoms with Gasteiger partial charge in [-0.25, -0.2) is 8.42 Å². The van der Waals surface area contributed by atoms with Crippen LogP contribution in [0.25, 0.3) is 0 Å². The van der Waals surface area contributed by atoms with Gasteiger partial charge in [0.25, 0.3) is 0 Å². The predicted molar refractivity (Wildman–Crippen MR) is 110 cm³/mol. The monoisotopic (exact) mass is 406 g/mol. The van der Waals surface area contributed by atoms with E-state index in [9.17, 15) is 13.2 Å². The maximum absolute atomic E-state index is 12.9. The Morgan fingerprint density at radius 3 is 2.39 bits per heavy atom. The van der Waals surface area contributed by atoms with Crippen LogP contribution in [0.5, 0.6) is 0 Å². The minimum absolute atomic E-state index is 0.00573. The van der Waals surface area contributed by atoms with Gasteiger partial charge >= 0.3 is 0 Å². The van der Waals surface area contributed by atoms with Crippen LogP contribution in [-0.4, -0.2) is 48.0 Å². The minimum Gasteiger partial charge on any atom is -0.354 e. The predicted octanol–water partition coefficient (Wildman–Crippen LogP) is 2.28. The summed E-state index contributed by atoms with van der Waals surface area (Å²) in [5.74, 6) is -0.176. The quantitative estimate of drug-likeness (QED) is 0.614. The van der Waals surface area contributed by atoms with Crippen LogP contribution in [0.3, 0.4) is 0 Å². The van der Waals surface area contributed by atoms with Gasteiger partial charge in [-0.1, -0.05) is 44.2 Å². The molecule has 8 heteroatoms. The molecule has 2 aromatic rings. The second-order valence-corrected chi connectivity index (χ2v) is 8.56. The fraction of sp³-hybridized carbons (Fsp3) is 0.500. The van der Waals surface area contributed by atoms with Gasteiger partial charge in [0.2, 0.25) is 15.9 Å². The fourth-order valence-corrected chi connectivity index (χ4v) is 5.09. The van der Waals surface area contributed by atoms with Gasteiger partial charge in [0, 0.05) is 19.6 Å². The largest absolute Gasteiger partial charge is 0.354 e. The Kier molecular flexibility index (Phi) is 7.77. The van der Waals surface area contributed by atoms with Crippen molar-refractivity contribution in [2.45, 2.75) is 52.0 Å². The van der Waals surface area contributed by atoms with Gasteiger partial charge in [0.1, 0.15) is 11.4 Å². The van der Waals surface area contributed by atoms with Crippen LogP contribution in [0, 0.1) is 13.8 Å². The van der Waals surface area contributed by atoms with E-state index in [4.69, 9.17) is 0 Å². The molecule has 154 valence electrons. The summed E-state index contributed by atoms with van der Waals surface area (Å²) in [7, 11) is -3.61. The van der Waals surface area contributed by atoms with E-state index in [0.29, 0.717) is 31.0 Å². The number of nitrogens with zero attached hydrogens (tertiary/aromatic N) is 3. The molecule has 0 atom stereocenters. The molecule has 7 nitrogen and oxygen atoms in total. The van der Waals surface area contributed by atoms with E-state index < -0.39 is 10.0 Å². The van der Waals surface area contributed by atoms with E-state index in [1.165, 1.54) is 14.6 Å². The highest BCUT2D eigenvalue weighted by molar-refractivity contribution is 7.89. The first-order valence-electron chi connectivity index (χ1n) is 9.66. The topological polar surface area (TPSA) is 84.3 Å². The number of amides is 1. The summed E-state index contributed by atoms with van der Waals surface area (Å²) in [5.41, 5.74) is 2.15. The number of carbonyl (C=O) groups excluding carboxylic acids is 1. The van der Waals surface area contributed by atoms with Gasteiger partial charge in [-0.05, 0) is 32.3 Å². The molecule has 0 spiro atoms. The summed E-state index contributed by atoms with van der Waals surface area (Å²) in [4.78, 5) is 12.5. The van der Waals surface area contributed by atoms with Crippen molar-refractivity contribution < 1.29 is 13.2 Å². The lowest BCUT2D eigenvalue weighted by atomic mass is 10.1. The number of hydrogen-bond acceptors (Lipinski definition) is 4. The second kappa shape index (κ2) is 9.84. The summed E-state index contributed by atoms with van der Waals surface area (Å²) in [5, 5.41) is 7.17. The molecule has 0 aliphatic heterocycles. The van der Waals surface area contributed by atoms with Gasteiger partial charge in [-0.2, -0.15) is 9.40 Å². The van der Waals surface area contributed by atoms with Gasteiger partial charge in [-0.3, -0.25) is 9.48 Å². The standard InChI is InChI=1S/C20H30N4O3S/c1-5-23(6-2)28(26,27)20-16(3)22-24(17(20)4)15-19(25)21-14-10-13-18-11-8-7-9-12-18/h7-9,11-12H,5-6,10,13-15H2,1-4H3,(H,21,25). The van der Waals surface area contributed by atoms with E-state index in [1.54, 1.807) is 27.7 Å². The summed E-state index contributed by atoms with van der Waals surface area (Å²) in [6.07, 6.45) is 1.74. The van der Waals surface area contributed by atoms with Crippen molar-refractivity contribution in [1.82, 2.24) is 19.4 Å². The molecule has 0 radical (unpaired) electrons. The normalized spacial score (nSPS) is 11.8. The van der Waals surface area contributed by atoms with Crippen LogP contribution < -0.4 is 5.32 Å². The zero-order chi connectivity index (χ0) is 20.7. The molecule has 1 N–H and O–H groups in total. The fourth-order valence-electron chi connectivity index (χ4n) is 3.26. The average Bonchev–Trinajstić information content (AvgIpc) is 2.94. The number of benzene rings is 1. The molecule has 0 aliphatic carbocycles. The molecule has 0 saturated heterocycles. The Morgan fingerprint density at radius 2 is 1.79 bits per heavy atom. The van der Waals surface area contributed by atoms with Crippen molar-refractivity contribution in [1.29, 1.82) is 0 Å². The second-order valence-electron chi connectivity index (χ2n) is 6.69. The van der Waals surface area contributed by atoms with Crippen LogP contribution in [0.2, 0.25) is 0 Å². The minimum atomic E-state index is -3.61. The molecular formula is C20H30N4O3S. The molecule has 0 unspecified atom stereocenters. The SMILES string of the molecule is CCN(CC)S(=O)(=O)c1c(C)nn(CC(=O)NCCCc2ccccc2)c1C. The first-order valence-corrected chi connectivity index (χ1v) is 11.1. The Morgan fingerprint density at radius 1 is 1.14 bits per heavy atom. The average molecular weight is 407 g/mol. The van der Waals surface area contributed by atoms with E-state index in [2.05, 4.69) is 22.5 Å². The van der Waals surface area contributed by atoms with Crippen LogP contribution in [0.15, 0.2) is 35.2 Å². The van der Waals surface area contributed by atoms with Crippen LogP contribution in [-0.2, 0) is 27.8 Å². The lowest BCUT2D eigenvalue weighted by Gasteiger charge is -2.18. The molecule has 1 aromatic carbocycles. The van der Waals surface area contributed by atoms with E-state index >= 15 is 0 Å². The molecule has 1 aromatic heterocycles. The molecule has 1 amide bonds. The molecule has 0 aliphatic rings. The number of hydrogen-bond donors (Lipinski definition) is 1. The van der Waals surface area contributed by atoms with Crippen molar-refractivity contribution >= 4 is 15.9 Å². The Balaban J connectivity index is 1.98. The van der Waals surface area contributed by atoms with E-state index in [-0.39, 0.29) is 17.3 Å². The lowest BCUT2D eigenvalue weighted by Crippen LogP contribution is -2.31. The number of sulfonamides is 1. The van der Waals surface area contributed by atoms with Crippen LogP contribution in [0.4, 0.5) is 0 Å². The highest BCUT2D eigenvalue weighted by atomic mass is 32.2. The lowest BCUT2D eigenvalue weighted by molar-refractivity contribution is -0.121. The number of carbonyl (C=O) groups is 1. The maximum Gasteiger partial charge on any atom is 0.246 e. The first-order chi connectivity index (χ1) is 13.3. The van der Waals surface area contributed by atoms with Crippen molar-refractivity contribution in [2.75, 3.05) is 19.6 Å². The Bertz CT molecular complexity index is 888. The molecular weight excluding hydrogens is 376 g/mol. The third-order valence-electron chi connectivity index (χ3n) is 4.72. The van der Waals surface area contributed by atoms with E-state index in [1.807, 2.05) is 18.2 Å². The van der Waals surface area contributed by atoms with E-state index in [0.717, 1.165) is 12.8 Å². The molecule has 28 heavy (non-hydrogen) atoms. The van der Waals surface area contributed by atoms with Crippen molar-refractivity contribution in [3.05, 3.63) is 47.3 Å². The van der Waals surface area contributed by atoms with Crippen molar-refractivity contribution in [3.8, 4) is 0 Å². The summed E-state index contributed by atoms with van der Waals surface area (Å²) >= 11 is 0. The van der Waals surface area contributed by atoms with Gasteiger partial charge < -0.3 is 5.32 Å². The van der Waals surface area contributed by atoms with Gasteiger partial charge in [0.15, 0.2) is 0 Å². The molecule has 0 bridgehead atoms. The molecule has 0 saturated carbocycles. The number of aromatic nitrogens is 2. The number of rotatable bonds is 10. The number of aryl methyl sites for hydroxylation is 2. The molecule has 1 heterocycles. The molecule has 2 rings (SSSR count). The third-order valence-corrected chi connectivity index (χ3v) is 7.02. The zero-order valence-corrected chi connectivity index (χ0v) is 17.9. The van der Waals surface area contributed by atoms with Gasteiger partial charge in [-0.15, -0.1) is 0 Å². The Labute approximate surface area is 167 Å². The summed E-state index contributed by atoms with van der Waals surface area (Å²) in [6, 6.07) is 10.1. The van der Waals surface area contributed by atoms with Crippen LogP contribution in [0.1, 0.15) is 37.2 Å².